The van der Waals surface area contributed by atoms with Gasteiger partial charge in [0, 0.05) is 130 Å². The Morgan fingerprint density at radius 1 is 0.885 bits per heavy atom. The Morgan fingerprint density at radius 2 is 1.68 bits per heavy atom. The van der Waals surface area contributed by atoms with E-state index in [4.69, 9.17) is 16.3 Å². The van der Waals surface area contributed by atoms with Crippen LogP contribution in [0.2, 0.25) is 5.02 Å². The molecule has 0 bridgehead atoms. The van der Waals surface area contributed by atoms with Gasteiger partial charge in [0.25, 0.3) is 27.5 Å². The molecule has 1 unspecified atom stereocenters. The van der Waals surface area contributed by atoms with E-state index in [9.17, 15) is 37.7 Å². The predicted molar refractivity (Wildman–Crippen MR) is 333 cm³/mol. The second-order valence-electron chi connectivity index (χ2n) is 25.2. The van der Waals surface area contributed by atoms with Gasteiger partial charge < -0.3 is 24.8 Å². The zero-order valence-electron chi connectivity index (χ0n) is 49.4. The molecule has 456 valence electrons. The number of rotatable bonds is 17. The van der Waals surface area contributed by atoms with Crippen molar-refractivity contribution in [3.05, 3.63) is 152 Å². The maximum absolute atomic E-state index is 14.2. The van der Waals surface area contributed by atoms with Crippen molar-refractivity contribution >= 4 is 78.9 Å². The molecule has 6 aromatic rings. The number of amides is 4. The highest BCUT2D eigenvalue weighted by atomic mass is 35.5. The normalized spacial score (nSPS) is 22.3. The molecule has 20 nitrogen and oxygen atoms in total. The molecule has 12 rings (SSSR count). The molecule has 2 aromatic heterocycles. The molecule has 0 radical (unpaired) electrons. The Bertz CT molecular complexity index is 3800. The van der Waals surface area contributed by atoms with E-state index < -0.39 is 43.4 Å². The molecule has 4 amide bonds. The van der Waals surface area contributed by atoms with Crippen LogP contribution in [0.5, 0.6) is 11.5 Å². The topological polar surface area (TPSA) is 236 Å². The Balaban J connectivity index is 0.651. The third-order valence-electron chi connectivity index (χ3n) is 18.7. The molecular weight excluding hydrogens is 1150 g/mol. The number of fused-ring (bicyclic) bond motifs is 2. The summed E-state index contributed by atoms with van der Waals surface area (Å²) in [5.41, 5.74) is 8.08. The summed E-state index contributed by atoms with van der Waals surface area (Å²) in [5, 5.41) is 19.7. The van der Waals surface area contributed by atoms with E-state index in [-0.39, 0.29) is 46.6 Å². The summed E-state index contributed by atoms with van der Waals surface area (Å²) in [7, 11) is -4.63. The highest BCUT2D eigenvalue weighted by Crippen LogP contribution is 2.44. The van der Waals surface area contributed by atoms with Crippen LogP contribution in [0.3, 0.4) is 0 Å². The number of nitrogens with zero attached hydrogens (tertiary/aromatic N) is 7. The van der Waals surface area contributed by atoms with E-state index in [1.165, 1.54) is 35.0 Å². The zero-order valence-corrected chi connectivity index (χ0v) is 50.9. The molecule has 2 aliphatic carbocycles. The van der Waals surface area contributed by atoms with Crippen molar-refractivity contribution in [2.24, 2.45) is 11.3 Å². The zero-order chi connectivity index (χ0) is 60.7. The van der Waals surface area contributed by atoms with Crippen molar-refractivity contribution < 1.29 is 37.3 Å². The molecule has 22 heteroatoms. The lowest BCUT2D eigenvalue weighted by atomic mass is 9.72. The summed E-state index contributed by atoms with van der Waals surface area (Å²) in [4.78, 5) is 82.1. The van der Waals surface area contributed by atoms with Gasteiger partial charge in [0.2, 0.25) is 11.8 Å². The summed E-state index contributed by atoms with van der Waals surface area (Å²) in [6.45, 7) is 15.1. The number of nitrogens with one attached hydrogen (secondary N) is 4. The number of imide groups is 1. The average Bonchev–Trinajstić information content (AvgIpc) is 2.61. The molecule has 6 aliphatic rings. The summed E-state index contributed by atoms with van der Waals surface area (Å²) < 4.78 is 36.6. The molecule has 6 heterocycles. The second kappa shape index (κ2) is 24.8. The van der Waals surface area contributed by atoms with E-state index in [1.54, 1.807) is 35.4 Å². The summed E-state index contributed by atoms with van der Waals surface area (Å²) in [6, 6.07) is 26.5. The standard InChI is InChI=1S/C65H74ClN11O9S/c1-41-37-75(29-28-74(41)38-43-6-15-53-47(30-43)40-76(64(53)81)57-18-19-60(78)70-63(57)80)49-11-4-42(5-12-49)35-68-56-17-14-52(33-58(56)77(82)83)87(84,85)71-62(79)54-16-13-50(32-59(54)86-51-31-45-21-23-67-61(45)69-36-51)73-26-24-72(25-27-73)39-46-20-22-65(2,3)34-55(46)44-7-9-48(66)10-8-44/h6-10,13-17,21,23,30-33,36,41-42,49,57,68H,4-5,11-12,18-20,22,24-29,34-35,37-40H2,1-3H3,(H,67,69)(H,71,79)(H,70,78,80)/t41-,42-,49-,57?/m1/s1. The minimum Gasteiger partial charge on any atom is -0.455 e. The van der Waals surface area contributed by atoms with E-state index in [0.29, 0.717) is 61.6 Å². The van der Waals surface area contributed by atoms with Crippen LogP contribution in [0, 0.1) is 21.4 Å². The molecule has 4 N–H and O–H groups in total. The number of aromatic nitrogens is 2. The number of hydrogen-bond acceptors (Lipinski definition) is 15. The van der Waals surface area contributed by atoms with Gasteiger partial charge in [-0.15, -0.1) is 0 Å². The minimum atomic E-state index is -4.63. The van der Waals surface area contributed by atoms with Gasteiger partial charge in [0.05, 0.1) is 21.6 Å². The molecular formula is C65H74ClN11O9S. The highest BCUT2D eigenvalue weighted by molar-refractivity contribution is 7.90. The van der Waals surface area contributed by atoms with Crippen LogP contribution in [0.15, 0.2) is 114 Å². The van der Waals surface area contributed by atoms with Crippen LogP contribution >= 0.6 is 11.6 Å². The predicted octanol–water partition coefficient (Wildman–Crippen LogP) is 9.76. The van der Waals surface area contributed by atoms with Gasteiger partial charge in [-0.3, -0.25) is 49.3 Å². The summed E-state index contributed by atoms with van der Waals surface area (Å²) in [6.07, 6.45) is 10.8. The number of carbonyl (C=O) groups excluding carboxylic acids is 4. The second-order valence-corrected chi connectivity index (χ2v) is 27.3. The Labute approximate surface area is 511 Å². The van der Waals surface area contributed by atoms with Crippen LogP contribution in [0.25, 0.3) is 16.6 Å². The first-order valence-electron chi connectivity index (χ1n) is 30.3. The van der Waals surface area contributed by atoms with Crippen LogP contribution in [0.1, 0.15) is 116 Å². The van der Waals surface area contributed by atoms with Crippen molar-refractivity contribution in [2.45, 2.75) is 115 Å². The van der Waals surface area contributed by atoms with E-state index in [2.05, 4.69) is 83.9 Å². The van der Waals surface area contributed by atoms with Crippen molar-refractivity contribution in [3.63, 3.8) is 0 Å². The van der Waals surface area contributed by atoms with E-state index in [0.717, 1.165) is 124 Å². The fourth-order valence-corrected chi connectivity index (χ4v) is 14.8. The molecule has 2 atom stereocenters. The first-order valence-corrected chi connectivity index (χ1v) is 32.2. The van der Waals surface area contributed by atoms with Gasteiger partial charge >= 0.3 is 0 Å². The average molecular weight is 1220 g/mol. The number of allylic oxidation sites excluding steroid dienone is 1. The Kier molecular flexibility index (Phi) is 17.0. The quantitative estimate of drug-likeness (QED) is 0.0378. The number of nitro benzene ring substituents is 1. The van der Waals surface area contributed by atoms with Crippen molar-refractivity contribution in [2.75, 3.05) is 69.1 Å². The molecule has 4 aromatic carbocycles. The van der Waals surface area contributed by atoms with Crippen molar-refractivity contribution in [1.29, 1.82) is 0 Å². The number of piperidine rings is 1. The van der Waals surface area contributed by atoms with Crippen LogP contribution in [-0.2, 0) is 32.7 Å². The number of ether oxygens (including phenoxy) is 1. The Morgan fingerprint density at radius 3 is 2.44 bits per heavy atom. The first kappa shape index (κ1) is 59.6. The van der Waals surface area contributed by atoms with Crippen molar-refractivity contribution in [1.82, 2.24) is 39.6 Å². The molecule has 87 heavy (non-hydrogen) atoms. The number of halogens is 1. The number of piperazine rings is 2. The Hall–Kier alpha value is -7.69. The number of pyridine rings is 1. The lowest BCUT2D eigenvalue weighted by Gasteiger charge is -2.45. The maximum atomic E-state index is 14.2. The highest BCUT2D eigenvalue weighted by Gasteiger charge is 2.40. The number of aromatic amines is 1. The summed E-state index contributed by atoms with van der Waals surface area (Å²) in [5.74, 6) is -1.16. The van der Waals surface area contributed by atoms with Crippen molar-refractivity contribution in [3.8, 4) is 11.5 Å². The molecule has 0 spiro atoms. The van der Waals surface area contributed by atoms with Gasteiger partial charge in [-0.05, 0) is 146 Å². The fraction of sp³-hybridized carbons (Fsp3) is 0.431. The number of anilines is 2. The number of H-pyrrole nitrogens is 1. The minimum absolute atomic E-state index is 0.0496. The van der Waals surface area contributed by atoms with Gasteiger partial charge in [0.15, 0.2) is 0 Å². The molecule has 4 fully saturated rings. The van der Waals surface area contributed by atoms with Gasteiger partial charge in [-0.25, -0.2) is 18.1 Å². The largest absolute Gasteiger partial charge is 0.455 e. The first-order chi connectivity index (χ1) is 41.8. The van der Waals surface area contributed by atoms with Crippen LogP contribution in [0.4, 0.5) is 17.1 Å². The SMILES string of the molecule is C[C@@H]1CN([C@H]2CC[C@H](CNc3ccc(S(=O)(=O)NC(=O)c4ccc(N5CCN(CC6=C(c7ccc(Cl)cc7)CC(C)(C)CC6)CC5)cc4Oc4cnc5[nH]ccc5c4)cc3[N+](=O)[O-])CC2)CCN1Cc1ccc2c(c1)CN(C1CCC(=O)NC1=O)C2=O. The number of sulfonamides is 1. The summed E-state index contributed by atoms with van der Waals surface area (Å²) >= 11 is 6.28. The third-order valence-corrected chi connectivity index (χ3v) is 20.3. The van der Waals surface area contributed by atoms with Crippen LogP contribution in [-0.4, -0.2) is 144 Å². The number of carbonyl (C=O) groups is 4. The number of benzene rings is 4. The molecule has 3 saturated heterocycles. The van der Waals surface area contributed by atoms with E-state index >= 15 is 0 Å². The fourth-order valence-electron chi connectivity index (χ4n) is 13.7. The number of nitro groups is 1. The van der Waals surface area contributed by atoms with Crippen LogP contribution < -0.4 is 25.0 Å². The van der Waals surface area contributed by atoms with Gasteiger partial charge in [-0.1, -0.05) is 55.3 Å². The smallest absolute Gasteiger partial charge is 0.293 e. The number of hydrogen-bond donors (Lipinski definition) is 4. The molecule has 1 saturated carbocycles. The van der Waals surface area contributed by atoms with Gasteiger partial charge in [-0.2, -0.15) is 0 Å². The van der Waals surface area contributed by atoms with Gasteiger partial charge in [0.1, 0.15) is 28.9 Å². The third kappa shape index (κ3) is 13.3. The lowest BCUT2D eigenvalue weighted by molar-refractivity contribution is -0.384. The monoisotopic (exact) mass is 1220 g/mol. The maximum Gasteiger partial charge on any atom is 0.293 e. The lowest BCUT2D eigenvalue weighted by Crippen LogP contribution is -2.55. The van der Waals surface area contributed by atoms with E-state index in [1.807, 2.05) is 30.3 Å². The molecule has 4 aliphatic heterocycles.